The highest BCUT2D eigenvalue weighted by atomic mass is 16.6. The van der Waals surface area contributed by atoms with Gasteiger partial charge in [-0.25, -0.2) is 4.79 Å². The molecule has 5 rings (SSSR count). The molecule has 1 amide bonds. The van der Waals surface area contributed by atoms with E-state index in [1.165, 1.54) is 37.5 Å². The minimum absolute atomic E-state index is 0.0517. The first-order chi connectivity index (χ1) is 13.2. The number of rotatable bonds is 5. The third kappa shape index (κ3) is 3.50. The van der Waals surface area contributed by atoms with Crippen molar-refractivity contribution in [1.29, 1.82) is 0 Å². The summed E-state index contributed by atoms with van der Waals surface area (Å²) in [5.41, 5.74) is 0.406. The third-order valence-corrected chi connectivity index (χ3v) is 6.71. The highest BCUT2D eigenvalue weighted by Gasteiger charge is 2.51. The molecule has 4 saturated carbocycles. The molecule has 0 unspecified atom stereocenters. The van der Waals surface area contributed by atoms with Crippen molar-refractivity contribution in [2.24, 2.45) is 17.8 Å². The van der Waals surface area contributed by atoms with Crippen LogP contribution < -0.4 is 5.32 Å². The molecule has 4 aliphatic carbocycles. The number of hydrogen-bond acceptors (Lipinski definition) is 5. The van der Waals surface area contributed by atoms with Gasteiger partial charge in [-0.3, -0.25) is 14.9 Å². The number of nitrogens with one attached hydrogen (secondary N) is 1. The lowest BCUT2D eigenvalue weighted by Gasteiger charge is -2.57. The molecule has 4 fully saturated rings. The fourth-order valence-electron chi connectivity index (χ4n) is 5.90. The highest BCUT2D eigenvalue weighted by Crippen LogP contribution is 2.55. The van der Waals surface area contributed by atoms with E-state index in [9.17, 15) is 19.7 Å². The number of nitro groups is 1. The zero-order chi connectivity index (χ0) is 20.1. The smallest absolute Gasteiger partial charge is 0.338 e. The Morgan fingerprint density at radius 1 is 1.18 bits per heavy atom. The van der Waals surface area contributed by atoms with Gasteiger partial charge in [0.1, 0.15) is 0 Å². The molecular weight excluding hydrogens is 360 g/mol. The Balaban J connectivity index is 1.39. The lowest BCUT2D eigenvalue weighted by molar-refractivity contribution is -0.385. The van der Waals surface area contributed by atoms with Gasteiger partial charge in [-0.05, 0) is 82.3 Å². The first-order valence-electron chi connectivity index (χ1n) is 10.0. The van der Waals surface area contributed by atoms with Gasteiger partial charge in [0.2, 0.25) is 0 Å². The third-order valence-electron chi connectivity index (χ3n) is 6.71. The van der Waals surface area contributed by atoms with Crippen LogP contribution in [-0.4, -0.2) is 28.4 Å². The van der Waals surface area contributed by atoms with Crippen molar-refractivity contribution in [1.82, 2.24) is 5.32 Å². The summed E-state index contributed by atoms with van der Waals surface area (Å²) >= 11 is 0. The van der Waals surface area contributed by atoms with E-state index in [-0.39, 0.29) is 22.7 Å². The normalized spacial score (nSPS) is 31.3. The van der Waals surface area contributed by atoms with E-state index in [0.29, 0.717) is 23.3 Å². The summed E-state index contributed by atoms with van der Waals surface area (Å²) in [6.07, 6.45) is 6.07. The van der Waals surface area contributed by atoms with Gasteiger partial charge in [-0.15, -0.1) is 0 Å². The summed E-state index contributed by atoms with van der Waals surface area (Å²) in [5.74, 6) is 1.24. The first-order valence-corrected chi connectivity index (χ1v) is 10.0. The summed E-state index contributed by atoms with van der Waals surface area (Å²) in [7, 11) is 0. The summed E-state index contributed by atoms with van der Waals surface area (Å²) in [4.78, 5) is 35.5. The van der Waals surface area contributed by atoms with Gasteiger partial charge in [0.15, 0.2) is 6.10 Å². The predicted molar refractivity (Wildman–Crippen MR) is 102 cm³/mol. The number of carbonyl (C=O) groups is 2. The number of aryl methyl sites for hydroxylation is 1. The molecule has 0 radical (unpaired) electrons. The molecule has 0 aromatic heterocycles. The van der Waals surface area contributed by atoms with Crippen LogP contribution in [0.2, 0.25) is 0 Å². The second kappa shape index (κ2) is 6.87. The molecule has 1 N–H and O–H groups in total. The number of hydrogen-bond donors (Lipinski definition) is 1. The number of amides is 1. The molecule has 0 heterocycles. The highest BCUT2D eigenvalue weighted by molar-refractivity contribution is 5.92. The summed E-state index contributed by atoms with van der Waals surface area (Å²) in [5, 5.41) is 14.1. The minimum atomic E-state index is -0.906. The van der Waals surface area contributed by atoms with Crippen LogP contribution in [0.15, 0.2) is 18.2 Å². The van der Waals surface area contributed by atoms with Crippen LogP contribution in [0.1, 0.15) is 61.4 Å². The van der Waals surface area contributed by atoms with E-state index in [1.807, 2.05) is 0 Å². The zero-order valence-electron chi connectivity index (χ0n) is 16.3. The first kappa shape index (κ1) is 18.9. The molecule has 1 aromatic rings. The molecule has 150 valence electrons. The summed E-state index contributed by atoms with van der Waals surface area (Å²) < 4.78 is 5.35. The molecule has 28 heavy (non-hydrogen) atoms. The molecule has 1 aromatic carbocycles. The second-order valence-corrected chi connectivity index (χ2v) is 8.99. The predicted octanol–water partition coefficient (Wildman–Crippen LogP) is 3.53. The molecule has 0 spiro atoms. The maximum Gasteiger partial charge on any atom is 0.338 e. The van der Waals surface area contributed by atoms with Gasteiger partial charge < -0.3 is 10.1 Å². The lowest BCUT2D eigenvalue weighted by Crippen LogP contribution is -2.61. The van der Waals surface area contributed by atoms with Crippen LogP contribution >= 0.6 is 0 Å². The topological polar surface area (TPSA) is 98.5 Å². The van der Waals surface area contributed by atoms with E-state index in [0.717, 1.165) is 19.3 Å². The number of esters is 1. The monoisotopic (exact) mass is 386 g/mol. The van der Waals surface area contributed by atoms with Crippen LogP contribution in [0.4, 0.5) is 5.69 Å². The minimum Gasteiger partial charge on any atom is -0.449 e. The number of ether oxygens (including phenoxy) is 1. The van der Waals surface area contributed by atoms with Gasteiger partial charge in [0.25, 0.3) is 11.6 Å². The Morgan fingerprint density at radius 3 is 2.25 bits per heavy atom. The Labute approximate surface area is 164 Å². The second-order valence-electron chi connectivity index (χ2n) is 8.99. The van der Waals surface area contributed by atoms with E-state index in [4.69, 9.17) is 4.74 Å². The molecule has 0 saturated heterocycles. The maximum absolute atomic E-state index is 12.7. The van der Waals surface area contributed by atoms with Crippen molar-refractivity contribution in [2.45, 2.75) is 64.0 Å². The van der Waals surface area contributed by atoms with Gasteiger partial charge >= 0.3 is 5.97 Å². The molecular formula is C21H26N2O5. The quantitative estimate of drug-likeness (QED) is 0.474. The lowest BCUT2D eigenvalue weighted by atomic mass is 9.53. The maximum atomic E-state index is 12.7. The SMILES string of the molecule is Cc1cc(C(=O)O[C@H](C)C(=O)NC23CC4CC(CC(C4)C2)C3)ccc1[N+](=O)[O-]. The number of nitrogens with zero attached hydrogens (tertiary/aromatic N) is 1. The van der Waals surface area contributed by atoms with Crippen molar-refractivity contribution in [3.63, 3.8) is 0 Å². The molecule has 4 bridgehead atoms. The largest absolute Gasteiger partial charge is 0.449 e. The van der Waals surface area contributed by atoms with E-state index < -0.39 is 17.0 Å². The molecule has 7 nitrogen and oxygen atoms in total. The summed E-state index contributed by atoms with van der Waals surface area (Å²) in [6, 6.07) is 4.06. The van der Waals surface area contributed by atoms with Crippen molar-refractivity contribution in [2.75, 3.05) is 0 Å². The van der Waals surface area contributed by atoms with Crippen LogP contribution in [0.5, 0.6) is 0 Å². The van der Waals surface area contributed by atoms with E-state index in [1.54, 1.807) is 13.8 Å². The van der Waals surface area contributed by atoms with Crippen LogP contribution in [0.25, 0.3) is 0 Å². The fraction of sp³-hybridized carbons (Fsp3) is 0.619. The average Bonchev–Trinajstić information content (AvgIpc) is 2.59. The van der Waals surface area contributed by atoms with Crippen molar-refractivity contribution in [3.05, 3.63) is 39.4 Å². The van der Waals surface area contributed by atoms with Crippen LogP contribution in [0, 0.1) is 34.8 Å². The van der Waals surface area contributed by atoms with Crippen LogP contribution in [-0.2, 0) is 9.53 Å². The average molecular weight is 386 g/mol. The zero-order valence-corrected chi connectivity index (χ0v) is 16.3. The Morgan fingerprint density at radius 2 is 1.75 bits per heavy atom. The van der Waals surface area contributed by atoms with Crippen molar-refractivity contribution in [3.8, 4) is 0 Å². The van der Waals surface area contributed by atoms with Gasteiger partial charge in [0.05, 0.1) is 10.5 Å². The Hall–Kier alpha value is -2.44. The number of nitro benzene ring substituents is 1. The fourth-order valence-corrected chi connectivity index (χ4v) is 5.90. The van der Waals surface area contributed by atoms with Crippen LogP contribution in [0.3, 0.4) is 0 Å². The van der Waals surface area contributed by atoms with Crippen molar-refractivity contribution < 1.29 is 19.2 Å². The van der Waals surface area contributed by atoms with E-state index >= 15 is 0 Å². The Bertz CT molecular complexity index is 799. The summed E-state index contributed by atoms with van der Waals surface area (Å²) in [6.45, 7) is 3.14. The molecule has 1 atom stereocenters. The Kier molecular flexibility index (Phi) is 4.63. The molecule has 0 aliphatic heterocycles. The van der Waals surface area contributed by atoms with Gasteiger partial charge in [-0.2, -0.15) is 0 Å². The molecule has 7 heteroatoms. The van der Waals surface area contributed by atoms with E-state index in [2.05, 4.69) is 5.32 Å². The standard InChI is InChI=1S/C21H26N2O5/c1-12-5-17(3-4-18(12)23(26)27)20(25)28-13(2)19(24)22-21-9-14-6-15(10-21)8-16(7-14)11-21/h3-5,13-16H,6-11H2,1-2H3,(H,22,24)/t13-,14?,15?,16?,21?/m1/s1. The number of carbonyl (C=O) groups excluding carboxylic acids is 2. The molecule has 4 aliphatic rings. The van der Waals surface area contributed by atoms with Crippen molar-refractivity contribution >= 4 is 17.6 Å². The van der Waals surface area contributed by atoms with Gasteiger partial charge in [-0.1, -0.05) is 0 Å². The van der Waals surface area contributed by atoms with Gasteiger partial charge in [0, 0.05) is 17.2 Å². The number of benzene rings is 1.